The minimum absolute atomic E-state index is 0.198. The smallest absolute Gasteiger partial charge is 0.248 e. The number of anilines is 3. The van der Waals surface area contributed by atoms with E-state index in [1.54, 1.807) is 0 Å². The summed E-state index contributed by atoms with van der Waals surface area (Å²) in [4.78, 5) is 2.57. The van der Waals surface area contributed by atoms with E-state index in [2.05, 4.69) is 167 Å². The van der Waals surface area contributed by atoms with Crippen LogP contribution < -0.4 is 21.3 Å². The molecule has 2 nitrogen and oxygen atoms in total. The van der Waals surface area contributed by atoms with Gasteiger partial charge in [-0.05, 0) is 98.8 Å². The van der Waals surface area contributed by atoms with E-state index in [0.717, 1.165) is 6.42 Å². The quantitative estimate of drug-likeness (QED) is 0.175. The van der Waals surface area contributed by atoms with Gasteiger partial charge >= 0.3 is 0 Å². The van der Waals surface area contributed by atoms with Crippen LogP contribution in [0.5, 0.6) is 0 Å². The Morgan fingerprint density at radius 1 is 0.592 bits per heavy atom. The van der Waals surface area contributed by atoms with Gasteiger partial charge in [-0.15, -0.1) is 0 Å². The van der Waals surface area contributed by atoms with Crippen LogP contribution in [-0.2, 0) is 6.42 Å². The minimum Gasteiger partial charge on any atom is -0.311 e. The standard InChI is InChI=1S/C46H29BN2/c1-4-15-38-34(12-1)37-26-33(48-40-17-6-2-13-35(40)36-14-3-7-18-41(36)48)27-43-46(37)47(38)39-16-5-8-19-42(39)49(43)32-24-30-22-20-28-10-9-11-29-21-23-31(25-32)45(30)44(28)29/h1-22,24-27,44H,23H2. The summed E-state index contributed by atoms with van der Waals surface area (Å²) in [5.41, 5.74) is 21.4. The van der Waals surface area contributed by atoms with Gasteiger partial charge in [-0.2, -0.15) is 0 Å². The summed E-state index contributed by atoms with van der Waals surface area (Å²) in [5, 5.41) is 2.57. The Morgan fingerprint density at radius 2 is 1.35 bits per heavy atom. The first-order chi connectivity index (χ1) is 24.3. The second-order valence-corrected chi connectivity index (χ2v) is 14.0. The lowest BCUT2D eigenvalue weighted by Gasteiger charge is -2.38. The Bertz CT molecular complexity index is 2720. The van der Waals surface area contributed by atoms with E-state index in [9.17, 15) is 0 Å². The Kier molecular flexibility index (Phi) is 4.93. The average Bonchev–Trinajstić information content (AvgIpc) is 3.68. The summed E-state index contributed by atoms with van der Waals surface area (Å²) in [7, 11) is 0. The molecule has 0 spiro atoms. The summed E-state index contributed by atoms with van der Waals surface area (Å²) < 4.78 is 2.48. The Labute approximate surface area is 285 Å². The number of hydrogen-bond donors (Lipinski definition) is 0. The molecule has 0 saturated heterocycles. The van der Waals surface area contributed by atoms with Crippen molar-refractivity contribution in [2.24, 2.45) is 0 Å². The van der Waals surface area contributed by atoms with E-state index < -0.39 is 0 Å². The highest BCUT2D eigenvalue weighted by Crippen LogP contribution is 2.49. The monoisotopic (exact) mass is 620 g/mol. The number of aromatic nitrogens is 1. The molecule has 7 aromatic rings. The van der Waals surface area contributed by atoms with Crippen molar-refractivity contribution in [2.45, 2.75) is 12.3 Å². The zero-order valence-corrected chi connectivity index (χ0v) is 26.8. The van der Waals surface area contributed by atoms with Gasteiger partial charge in [0.05, 0.1) is 11.0 Å². The number of hydrogen-bond acceptors (Lipinski definition) is 1. The first-order valence-electron chi connectivity index (χ1n) is 17.4. The average molecular weight is 621 g/mol. The fourth-order valence-electron chi connectivity index (χ4n) is 9.73. The van der Waals surface area contributed by atoms with Gasteiger partial charge in [-0.3, -0.25) is 0 Å². The number of benzene rings is 6. The van der Waals surface area contributed by atoms with Crippen LogP contribution in [0.1, 0.15) is 22.6 Å². The molecular formula is C46H29BN2. The molecule has 3 heteroatoms. The van der Waals surface area contributed by atoms with Crippen LogP contribution in [0.2, 0.25) is 0 Å². The van der Waals surface area contributed by atoms with Crippen LogP contribution >= 0.6 is 0 Å². The third kappa shape index (κ3) is 3.32. The zero-order chi connectivity index (χ0) is 31.8. The number of para-hydroxylation sites is 3. The van der Waals surface area contributed by atoms with Crippen LogP contribution in [0.3, 0.4) is 0 Å². The fourth-order valence-corrected chi connectivity index (χ4v) is 9.73. The molecule has 0 amide bonds. The molecule has 6 aromatic carbocycles. The third-order valence-electron chi connectivity index (χ3n) is 11.6. The predicted octanol–water partition coefficient (Wildman–Crippen LogP) is 9.15. The fraction of sp³-hybridized carbons (Fsp3) is 0.0435. The molecule has 226 valence electrons. The molecule has 1 aromatic heterocycles. The van der Waals surface area contributed by atoms with Gasteiger partial charge in [0, 0.05) is 39.4 Å². The Balaban J connectivity index is 1.17. The molecule has 0 bridgehead atoms. The molecule has 0 N–H and O–H groups in total. The molecule has 49 heavy (non-hydrogen) atoms. The van der Waals surface area contributed by atoms with Gasteiger partial charge in [0.2, 0.25) is 6.71 Å². The van der Waals surface area contributed by atoms with Crippen molar-refractivity contribution in [3.8, 4) is 16.8 Å². The third-order valence-corrected chi connectivity index (χ3v) is 11.6. The van der Waals surface area contributed by atoms with Crippen molar-refractivity contribution in [1.29, 1.82) is 0 Å². The molecule has 12 rings (SSSR count). The lowest BCUT2D eigenvalue weighted by Crippen LogP contribution is -2.54. The summed E-state index contributed by atoms with van der Waals surface area (Å²) in [6.07, 6.45) is 14.9. The highest BCUT2D eigenvalue weighted by molar-refractivity contribution is 7.01. The van der Waals surface area contributed by atoms with Gasteiger partial charge in [0.1, 0.15) is 0 Å². The van der Waals surface area contributed by atoms with Crippen LogP contribution in [0.25, 0.3) is 44.7 Å². The highest BCUT2D eigenvalue weighted by Gasteiger charge is 2.43. The molecule has 1 unspecified atom stereocenters. The van der Waals surface area contributed by atoms with Gasteiger partial charge in [0.25, 0.3) is 0 Å². The molecule has 0 fully saturated rings. The van der Waals surface area contributed by atoms with Gasteiger partial charge in [0.15, 0.2) is 0 Å². The molecule has 0 saturated carbocycles. The zero-order valence-electron chi connectivity index (χ0n) is 26.8. The van der Waals surface area contributed by atoms with Crippen LogP contribution in [-0.4, -0.2) is 11.3 Å². The van der Waals surface area contributed by atoms with Crippen molar-refractivity contribution in [3.05, 3.63) is 180 Å². The van der Waals surface area contributed by atoms with E-state index >= 15 is 0 Å². The number of fused-ring (bicyclic) bond motifs is 8. The lowest BCUT2D eigenvalue weighted by atomic mass is 9.37. The molecule has 3 aliphatic carbocycles. The van der Waals surface area contributed by atoms with E-state index in [0.29, 0.717) is 5.92 Å². The largest absolute Gasteiger partial charge is 0.311 e. The molecule has 5 aliphatic rings. The topological polar surface area (TPSA) is 8.17 Å². The van der Waals surface area contributed by atoms with E-state index in [1.165, 1.54) is 99.9 Å². The van der Waals surface area contributed by atoms with Crippen molar-refractivity contribution in [1.82, 2.24) is 4.57 Å². The van der Waals surface area contributed by atoms with Crippen molar-refractivity contribution < 1.29 is 0 Å². The van der Waals surface area contributed by atoms with Crippen LogP contribution in [0.15, 0.2) is 163 Å². The molecule has 2 aliphatic heterocycles. The van der Waals surface area contributed by atoms with E-state index in [-0.39, 0.29) is 6.71 Å². The Hall–Kier alpha value is -6.06. The van der Waals surface area contributed by atoms with Crippen LogP contribution in [0.4, 0.5) is 17.1 Å². The van der Waals surface area contributed by atoms with Crippen molar-refractivity contribution >= 4 is 68.0 Å². The first-order valence-corrected chi connectivity index (χ1v) is 17.4. The van der Waals surface area contributed by atoms with Gasteiger partial charge in [-0.1, -0.05) is 121 Å². The molecule has 3 heterocycles. The molecule has 0 radical (unpaired) electrons. The summed E-state index contributed by atoms with van der Waals surface area (Å²) in [6, 6.07) is 45.7. The SMILES string of the molecule is C1=CC2=CCc3cc(N4c5ccccc5B5c6ccccc6-c6cc(-n7c8ccccc8c8ccccc87)cc4c65)cc4c3C2C(=C1)C=C4. The second kappa shape index (κ2) is 9.30. The maximum atomic E-state index is 2.57. The predicted molar refractivity (Wildman–Crippen MR) is 206 cm³/mol. The van der Waals surface area contributed by atoms with Gasteiger partial charge < -0.3 is 9.47 Å². The second-order valence-electron chi connectivity index (χ2n) is 14.0. The molecular weight excluding hydrogens is 591 g/mol. The number of rotatable bonds is 2. The summed E-state index contributed by atoms with van der Waals surface area (Å²) in [6.45, 7) is 0.198. The van der Waals surface area contributed by atoms with E-state index in [1.807, 2.05) is 0 Å². The van der Waals surface area contributed by atoms with Crippen molar-refractivity contribution in [3.63, 3.8) is 0 Å². The number of allylic oxidation sites excluding steroid dienone is 7. The summed E-state index contributed by atoms with van der Waals surface area (Å²) in [5.74, 6) is 0.346. The summed E-state index contributed by atoms with van der Waals surface area (Å²) >= 11 is 0. The minimum atomic E-state index is 0.198. The normalized spacial score (nSPS) is 17.1. The van der Waals surface area contributed by atoms with Crippen LogP contribution in [0, 0.1) is 0 Å². The maximum absolute atomic E-state index is 2.57. The Morgan fingerprint density at radius 3 is 2.20 bits per heavy atom. The van der Waals surface area contributed by atoms with E-state index in [4.69, 9.17) is 0 Å². The van der Waals surface area contributed by atoms with Gasteiger partial charge in [-0.25, -0.2) is 0 Å². The van der Waals surface area contributed by atoms with Crippen molar-refractivity contribution in [2.75, 3.05) is 4.90 Å². The highest BCUT2D eigenvalue weighted by atomic mass is 15.2. The lowest BCUT2D eigenvalue weighted by molar-refractivity contribution is 0.892. The maximum Gasteiger partial charge on any atom is 0.248 e. The molecule has 1 atom stereocenters. The first kappa shape index (κ1) is 26.0. The number of nitrogens with zero attached hydrogens (tertiary/aromatic N) is 2.